The number of nitroso groups, excluding NO2 is 1. The van der Waals surface area contributed by atoms with E-state index in [-0.39, 0.29) is 0 Å². The summed E-state index contributed by atoms with van der Waals surface area (Å²) in [6.45, 7) is 1.19. The first-order chi connectivity index (χ1) is 5.27. The Morgan fingerprint density at radius 1 is 1.00 bits per heavy atom. The van der Waals surface area contributed by atoms with E-state index in [0.717, 1.165) is 0 Å². The normalized spacial score (nSPS) is 11.7. The molecule has 0 bridgehead atoms. The Morgan fingerprint density at radius 2 is 1.55 bits per heavy atom. The van der Waals surface area contributed by atoms with Gasteiger partial charge in [-0.1, -0.05) is 5.11 Å². The summed E-state index contributed by atoms with van der Waals surface area (Å²) in [5.74, 6) is -0.519. The number of nitrogens with zero attached hydrogens (tertiary/aromatic N) is 7. The third kappa shape index (κ3) is 8.07. The van der Waals surface area contributed by atoms with Crippen molar-refractivity contribution in [1.29, 1.82) is 0 Å². The first-order valence-electron chi connectivity index (χ1n) is 2.31. The lowest BCUT2D eigenvalue weighted by molar-refractivity contribution is -0.116. The summed E-state index contributed by atoms with van der Waals surface area (Å²) in [5.41, 5.74) is 0. The molecule has 1 amide bonds. The van der Waals surface area contributed by atoms with E-state index in [1.165, 1.54) is 6.92 Å². The predicted molar refractivity (Wildman–Crippen MR) is 31.0 cm³/mol. The molecule has 0 saturated carbocycles. The molecular formula is C2H3N7O2. The number of rotatable bonds is 3. The lowest BCUT2D eigenvalue weighted by Crippen LogP contribution is -1.76. The fraction of sp³-hybridized carbons (Fsp3) is 0.500. The fourth-order valence-corrected chi connectivity index (χ4v) is 0.153. The van der Waals surface area contributed by atoms with Gasteiger partial charge in [-0.3, -0.25) is 4.79 Å². The zero-order valence-electron chi connectivity index (χ0n) is 5.45. The van der Waals surface area contributed by atoms with Gasteiger partial charge in [-0.15, -0.1) is 4.91 Å². The maximum atomic E-state index is 10.0. The van der Waals surface area contributed by atoms with Crippen LogP contribution in [0.3, 0.4) is 0 Å². The van der Waals surface area contributed by atoms with Crippen molar-refractivity contribution >= 4 is 5.91 Å². The van der Waals surface area contributed by atoms with Gasteiger partial charge in [0.05, 0.1) is 0 Å². The van der Waals surface area contributed by atoms with E-state index >= 15 is 0 Å². The number of hydrogen-bond acceptors (Lipinski definition) is 2. The molecule has 0 rings (SSSR count). The predicted octanol–water partition coefficient (Wildman–Crippen LogP) is 1.40. The minimum absolute atomic E-state index is 0.519. The summed E-state index contributed by atoms with van der Waals surface area (Å²) in [5, 5.41) is 18.7. The Kier molecular flexibility index (Phi) is 5.11. The molecule has 9 nitrogen and oxygen atoms in total. The Morgan fingerprint density at radius 3 is 2.09 bits per heavy atom. The van der Waals surface area contributed by atoms with Crippen LogP contribution >= 0.6 is 0 Å². The van der Waals surface area contributed by atoms with Gasteiger partial charge in [0.15, 0.2) is 0 Å². The molecule has 0 aromatic rings. The van der Waals surface area contributed by atoms with Crippen LogP contribution in [0, 0.1) is 4.91 Å². The van der Waals surface area contributed by atoms with Crippen LogP contribution in [-0.2, 0) is 4.79 Å². The van der Waals surface area contributed by atoms with E-state index in [4.69, 9.17) is 0 Å². The van der Waals surface area contributed by atoms with Crippen LogP contribution in [0.4, 0.5) is 0 Å². The van der Waals surface area contributed by atoms with Crippen molar-refractivity contribution in [3.8, 4) is 0 Å². The first kappa shape index (κ1) is 9.07. The molecule has 0 saturated heterocycles. The summed E-state index contributed by atoms with van der Waals surface area (Å²) in [6, 6.07) is 0. The Labute approximate surface area is 60.2 Å². The summed E-state index contributed by atoms with van der Waals surface area (Å²) in [7, 11) is 0. The molecule has 0 N–H and O–H groups in total. The molecule has 0 unspecified atom stereocenters. The van der Waals surface area contributed by atoms with Crippen LogP contribution in [0.5, 0.6) is 0 Å². The maximum Gasteiger partial charge on any atom is 0.263 e. The average molecular weight is 157 g/mol. The highest BCUT2D eigenvalue weighted by Crippen LogP contribution is 1.83. The van der Waals surface area contributed by atoms with Crippen LogP contribution in [0.25, 0.3) is 0 Å². The van der Waals surface area contributed by atoms with Crippen LogP contribution in [0.2, 0.25) is 0 Å². The summed E-state index contributed by atoms with van der Waals surface area (Å²) in [6.07, 6.45) is 0. The zero-order valence-corrected chi connectivity index (χ0v) is 5.45. The molecule has 0 aliphatic heterocycles. The van der Waals surface area contributed by atoms with E-state index in [0.29, 0.717) is 0 Å². The molecule has 0 heterocycles. The monoisotopic (exact) mass is 157 g/mol. The largest absolute Gasteiger partial charge is 0.271 e. The van der Waals surface area contributed by atoms with E-state index < -0.39 is 5.91 Å². The van der Waals surface area contributed by atoms with Crippen molar-refractivity contribution < 1.29 is 4.79 Å². The van der Waals surface area contributed by atoms with Crippen molar-refractivity contribution in [1.82, 2.24) is 0 Å². The summed E-state index contributed by atoms with van der Waals surface area (Å²) >= 11 is 0. The minimum Gasteiger partial charge on any atom is -0.271 e. The zero-order chi connectivity index (χ0) is 8.53. The quantitative estimate of drug-likeness (QED) is 0.349. The van der Waals surface area contributed by atoms with Gasteiger partial charge in [-0.25, -0.2) is 0 Å². The van der Waals surface area contributed by atoms with Crippen LogP contribution in [0.15, 0.2) is 36.5 Å². The third-order valence-electron chi connectivity index (χ3n) is 0.382. The third-order valence-corrected chi connectivity index (χ3v) is 0.382. The van der Waals surface area contributed by atoms with Gasteiger partial charge in [0.25, 0.3) is 5.91 Å². The Bertz CT molecular complexity index is 216. The molecule has 0 atom stereocenters. The van der Waals surface area contributed by atoms with Crippen molar-refractivity contribution in [2.24, 2.45) is 36.5 Å². The number of carbonyl (C=O) groups is 1. The van der Waals surface area contributed by atoms with E-state index in [1.807, 2.05) is 5.29 Å². The second kappa shape index (κ2) is 6.19. The lowest BCUT2D eigenvalue weighted by atomic mass is 10.8. The molecule has 0 fully saturated rings. The highest BCUT2D eigenvalue weighted by molar-refractivity contribution is 5.72. The number of amides is 1. The summed E-state index contributed by atoms with van der Waals surface area (Å²) < 4.78 is 0. The van der Waals surface area contributed by atoms with Gasteiger partial charge in [-0.2, -0.15) is 0 Å². The number of carbonyl (C=O) groups excluding carboxylic acids is 1. The Balaban J connectivity index is 3.68. The average Bonchev–Trinajstić information content (AvgIpc) is 1.96. The van der Waals surface area contributed by atoms with Crippen LogP contribution in [-0.4, -0.2) is 5.91 Å². The van der Waals surface area contributed by atoms with E-state index in [1.54, 1.807) is 0 Å². The highest BCUT2D eigenvalue weighted by atomic mass is 16.3. The highest BCUT2D eigenvalue weighted by Gasteiger charge is 1.79. The molecular weight excluding hydrogens is 154 g/mol. The van der Waals surface area contributed by atoms with Crippen molar-refractivity contribution in [2.75, 3.05) is 0 Å². The van der Waals surface area contributed by atoms with Crippen molar-refractivity contribution in [3.05, 3.63) is 4.91 Å². The molecule has 0 aliphatic rings. The van der Waals surface area contributed by atoms with E-state index in [2.05, 4.69) is 31.2 Å². The molecule has 9 heteroatoms. The van der Waals surface area contributed by atoms with E-state index in [9.17, 15) is 9.70 Å². The van der Waals surface area contributed by atoms with Crippen molar-refractivity contribution in [2.45, 2.75) is 6.92 Å². The lowest BCUT2D eigenvalue weighted by Gasteiger charge is -1.70. The molecule has 0 aromatic carbocycles. The minimum atomic E-state index is -0.519. The SMILES string of the molecule is CC(=O)N=NN=NN=NN=O. The van der Waals surface area contributed by atoms with Gasteiger partial charge >= 0.3 is 0 Å². The maximum absolute atomic E-state index is 10.0. The molecule has 58 valence electrons. The van der Waals surface area contributed by atoms with Gasteiger partial charge in [-0.05, 0) is 15.7 Å². The van der Waals surface area contributed by atoms with Crippen LogP contribution in [0.1, 0.15) is 6.92 Å². The molecule has 11 heavy (non-hydrogen) atoms. The molecule has 0 spiro atoms. The second-order valence-corrected chi connectivity index (χ2v) is 1.15. The topological polar surface area (TPSA) is 121 Å². The van der Waals surface area contributed by atoms with Gasteiger partial charge in [0.1, 0.15) is 5.29 Å². The molecule has 0 aliphatic carbocycles. The smallest absolute Gasteiger partial charge is 0.263 e. The Hall–Kier alpha value is -1.93. The van der Waals surface area contributed by atoms with Gasteiger partial charge in [0, 0.05) is 17.4 Å². The standard InChI is InChI=1S/C2H3N7O2/c1-2(10)3-4-5-6-7-8-9-11/h1H3. The van der Waals surface area contributed by atoms with Gasteiger partial charge < -0.3 is 0 Å². The second-order valence-electron chi connectivity index (χ2n) is 1.15. The number of hydrogen-bond donors (Lipinski definition) is 0. The van der Waals surface area contributed by atoms with Crippen molar-refractivity contribution in [3.63, 3.8) is 0 Å². The van der Waals surface area contributed by atoms with Gasteiger partial charge in [0.2, 0.25) is 0 Å². The first-order valence-corrected chi connectivity index (χ1v) is 2.31. The molecule has 0 radical (unpaired) electrons. The molecule has 0 aromatic heterocycles. The van der Waals surface area contributed by atoms with Crippen LogP contribution < -0.4 is 0 Å². The summed E-state index contributed by atoms with van der Waals surface area (Å²) in [4.78, 5) is 19.3. The fourth-order valence-electron chi connectivity index (χ4n) is 0.153.